The third-order valence-corrected chi connectivity index (χ3v) is 36.6. The molecule has 8 rings (SSSR count). The van der Waals surface area contributed by atoms with Crippen molar-refractivity contribution < 1.29 is 44.8 Å². The van der Waals surface area contributed by atoms with Gasteiger partial charge in [-0.05, 0) is 0 Å². The van der Waals surface area contributed by atoms with Gasteiger partial charge in [0, 0.05) is 0 Å². The Balaban J connectivity index is 0.00000193. The van der Waals surface area contributed by atoms with Crippen molar-refractivity contribution in [3.63, 3.8) is 0 Å². The molecule has 1 aliphatic heterocycles. The molecular formula is C44H48Cl2Hf. The Labute approximate surface area is 300 Å². The molecule has 4 aromatic rings. The summed E-state index contributed by atoms with van der Waals surface area (Å²) in [4.78, 5) is 0. The van der Waals surface area contributed by atoms with Crippen molar-refractivity contribution in [2.45, 2.75) is 80.9 Å². The molecule has 4 aromatic carbocycles. The summed E-state index contributed by atoms with van der Waals surface area (Å²) in [5.74, 6) is 1.34. The molecular weight excluding hydrogens is 778 g/mol. The number of rotatable bonds is 8. The van der Waals surface area contributed by atoms with Crippen LogP contribution in [0.5, 0.6) is 0 Å². The van der Waals surface area contributed by atoms with E-state index in [-0.39, 0.29) is 24.8 Å². The Morgan fingerprint density at radius 1 is 0.532 bits per heavy atom. The molecule has 0 N–H and O–H groups in total. The Hall–Kier alpha value is -2.19. The molecule has 4 unspecified atom stereocenters. The predicted molar refractivity (Wildman–Crippen MR) is 190 cm³/mol. The molecule has 0 amide bonds. The second-order valence-electron chi connectivity index (χ2n) is 15.3. The predicted octanol–water partition coefficient (Wildman–Crippen LogP) is 7.02. The number of fused-ring (bicyclic) bond motifs is 3. The average molecular weight is 826 g/mol. The Morgan fingerprint density at radius 2 is 0.936 bits per heavy atom. The normalized spacial score (nSPS) is 23.9. The van der Waals surface area contributed by atoms with Crippen LogP contribution in [0.4, 0.5) is 0 Å². The molecule has 0 bridgehead atoms. The molecule has 0 spiro atoms. The topological polar surface area (TPSA) is 0 Å². The van der Waals surface area contributed by atoms with Gasteiger partial charge in [0.1, 0.15) is 0 Å². The van der Waals surface area contributed by atoms with Crippen molar-refractivity contribution in [2.75, 3.05) is 0 Å². The van der Waals surface area contributed by atoms with Crippen LogP contribution in [0.15, 0.2) is 108 Å². The van der Waals surface area contributed by atoms with Gasteiger partial charge in [0.2, 0.25) is 0 Å². The maximum atomic E-state index is 2.72. The van der Waals surface area contributed by atoms with Gasteiger partial charge >= 0.3 is 278 Å². The second kappa shape index (κ2) is 14.0. The van der Waals surface area contributed by atoms with E-state index in [1.165, 1.54) is 60.8 Å². The van der Waals surface area contributed by atoms with Crippen molar-refractivity contribution >= 4 is 12.2 Å². The second-order valence-corrected chi connectivity index (χ2v) is 32.0. The van der Waals surface area contributed by atoms with Gasteiger partial charge in [-0.1, -0.05) is 0 Å². The number of hydrogen-bond acceptors (Lipinski definition) is 0. The van der Waals surface area contributed by atoms with Gasteiger partial charge in [-0.25, -0.2) is 0 Å². The van der Waals surface area contributed by atoms with Crippen LogP contribution >= 0.6 is 0 Å². The van der Waals surface area contributed by atoms with Gasteiger partial charge in [-0.3, -0.25) is 0 Å². The number of benzene rings is 4. The molecule has 3 heteroatoms. The number of allylic oxidation sites excluding steroid dienone is 2. The summed E-state index contributed by atoms with van der Waals surface area (Å²) in [5, 5.41) is 0. The fourth-order valence-corrected chi connectivity index (χ4v) is 45.6. The minimum atomic E-state index is -3.24. The summed E-state index contributed by atoms with van der Waals surface area (Å²) in [5.41, 5.74) is 15.8. The van der Waals surface area contributed by atoms with Gasteiger partial charge < -0.3 is 24.8 Å². The van der Waals surface area contributed by atoms with E-state index < -0.39 is 20.0 Å². The fraction of sp³-hybridized carbons (Fsp3) is 0.364. The quantitative estimate of drug-likeness (QED) is 0.168. The molecule has 0 radical (unpaired) electrons. The molecule has 2 fully saturated rings. The summed E-state index contributed by atoms with van der Waals surface area (Å²) in [7, 11) is 0. The molecule has 0 nitrogen and oxygen atoms in total. The van der Waals surface area contributed by atoms with Crippen molar-refractivity contribution in [3.8, 4) is 22.3 Å². The number of hydrogen-bond donors (Lipinski definition) is 0. The summed E-state index contributed by atoms with van der Waals surface area (Å²) >= 11 is -3.24. The average Bonchev–Trinajstić information content (AvgIpc) is 3.33. The summed E-state index contributed by atoms with van der Waals surface area (Å²) in [6.07, 6.45) is 13.8. The molecule has 0 aromatic heterocycles. The number of halogens is 2. The zero-order chi connectivity index (χ0) is 30.7. The van der Waals surface area contributed by atoms with Crippen LogP contribution in [0, 0.1) is 11.8 Å². The summed E-state index contributed by atoms with van der Waals surface area (Å²) in [6, 6.07) is 37.1. The van der Waals surface area contributed by atoms with Gasteiger partial charge in [-0.15, -0.1) is 0 Å². The van der Waals surface area contributed by atoms with Crippen molar-refractivity contribution in [1.29, 1.82) is 0 Å². The van der Waals surface area contributed by atoms with Crippen molar-refractivity contribution in [3.05, 3.63) is 130 Å². The molecule has 3 aliphatic carbocycles. The fourth-order valence-electron chi connectivity index (χ4n) is 10.4. The first kappa shape index (κ1) is 34.7. The van der Waals surface area contributed by atoms with E-state index in [4.69, 9.17) is 0 Å². The first-order chi connectivity index (χ1) is 22.0. The van der Waals surface area contributed by atoms with Crippen molar-refractivity contribution in [2.24, 2.45) is 11.8 Å². The van der Waals surface area contributed by atoms with Gasteiger partial charge in [0.05, 0.1) is 0 Å². The van der Waals surface area contributed by atoms with Gasteiger partial charge in [0.15, 0.2) is 0 Å². The van der Waals surface area contributed by atoms with E-state index in [0.717, 1.165) is 7.35 Å². The van der Waals surface area contributed by atoms with Crippen LogP contribution in [0.2, 0.25) is 7.35 Å². The van der Waals surface area contributed by atoms with Crippen LogP contribution in [-0.4, -0.2) is 0 Å². The van der Waals surface area contributed by atoms with E-state index in [1.807, 2.05) is 0 Å². The van der Waals surface area contributed by atoms with Crippen LogP contribution in [-0.2, 0) is 20.0 Å². The zero-order valence-corrected chi connectivity index (χ0v) is 33.5. The molecule has 1 heterocycles. The maximum Gasteiger partial charge on any atom is -1.00 e. The standard InChI is InChI=1S/2C19H19.C6H10.2ClH.Hf/c2*1-14(2)11-15-12-17-9-6-10-18(19(17)13-15)16-7-4-3-5-8-16;1-2-4-6-5-3-1;;;/h2*3-10,12-14H,11H2,1-2H3;1-2H,3-6H2;2*1H;/q;;;;;+2/p-2. The largest absolute Gasteiger partial charge is 1.00 e. The molecule has 47 heavy (non-hydrogen) atoms. The molecule has 4 aliphatic rings. The Kier molecular flexibility index (Phi) is 10.3. The van der Waals surface area contributed by atoms with E-state index >= 15 is 0 Å². The van der Waals surface area contributed by atoms with E-state index in [0.29, 0.717) is 19.2 Å². The van der Waals surface area contributed by atoms with Crippen LogP contribution in [0.1, 0.15) is 95.8 Å². The van der Waals surface area contributed by atoms with Crippen LogP contribution in [0.3, 0.4) is 0 Å². The smallest absolute Gasteiger partial charge is 1.00 e. The monoisotopic (exact) mass is 826 g/mol. The van der Waals surface area contributed by atoms with Gasteiger partial charge in [-0.2, -0.15) is 0 Å². The summed E-state index contributed by atoms with van der Waals surface area (Å²) in [6.45, 7) is 9.79. The minimum Gasteiger partial charge on any atom is -1.00 e. The van der Waals surface area contributed by atoms with Crippen LogP contribution in [0.25, 0.3) is 34.4 Å². The Bertz CT molecular complexity index is 1650. The molecule has 4 atom stereocenters. The van der Waals surface area contributed by atoms with Gasteiger partial charge in [0.25, 0.3) is 0 Å². The third kappa shape index (κ3) is 5.81. The maximum absolute atomic E-state index is 3.24. The van der Waals surface area contributed by atoms with E-state index in [1.54, 1.807) is 33.4 Å². The van der Waals surface area contributed by atoms with E-state index in [2.05, 4.69) is 137 Å². The third-order valence-electron chi connectivity index (χ3n) is 11.7. The molecule has 1 saturated carbocycles. The summed E-state index contributed by atoms with van der Waals surface area (Å²) < 4.78 is 3.45. The van der Waals surface area contributed by atoms with Crippen molar-refractivity contribution in [1.82, 2.24) is 0 Å². The zero-order valence-electron chi connectivity index (χ0n) is 28.4. The van der Waals surface area contributed by atoms with E-state index in [9.17, 15) is 0 Å². The van der Waals surface area contributed by atoms with Crippen LogP contribution < -0.4 is 24.8 Å². The minimum absolute atomic E-state index is 0. The Morgan fingerprint density at radius 3 is 1.32 bits per heavy atom. The molecule has 1 saturated heterocycles. The first-order valence-electron chi connectivity index (χ1n) is 17.8. The molecule has 242 valence electrons. The first-order valence-corrected chi connectivity index (χ1v) is 26.1. The SMILES string of the molecule is CC(C)CC1=Cc2c(-c3ccccc3)cccc2[CH]1[Hf+2]1([CH]2C(CC(C)C)=Cc3c(-c4ccccc4)cccc32)[CH]2CCCC[CH]21.[Cl-].[Cl-].